The fourth-order valence-corrected chi connectivity index (χ4v) is 3.29. The van der Waals surface area contributed by atoms with Crippen LogP contribution in [-0.4, -0.2) is 13.4 Å². The number of hydrogen-bond donors (Lipinski definition) is 2. The number of rotatable bonds is 3. The molecule has 1 heterocycles. The van der Waals surface area contributed by atoms with Crippen molar-refractivity contribution in [1.82, 2.24) is 4.98 Å². The molecular formula is C13H14ClN3O2S. The maximum atomic E-state index is 12.4. The Bertz CT molecular complexity index is 760. The van der Waals surface area contributed by atoms with E-state index in [1.165, 1.54) is 12.1 Å². The van der Waals surface area contributed by atoms with Crippen LogP contribution in [0.25, 0.3) is 0 Å². The van der Waals surface area contributed by atoms with Gasteiger partial charge in [0, 0.05) is 11.9 Å². The molecule has 0 spiro atoms. The molecular weight excluding hydrogens is 298 g/mol. The number of aryl methyl sites for hydroxylation is 2. The molecule has 20 heavy (non-hydrogen) atoms. The van der Waals surface area contributed by atoms with E-state index in [0.717, 1.165) is 5.56 Å². The summed E-state index contributed by atoms with van der Waals surface area (Å²) in [6.07, 6.45) is 1.56. The van der Waals surface area contributed by atoms with Crippen LogP contribution in [0.4, 0.5) is 11.4 Å². The second kappa shape index (κ2) is 5.30. The van der Waals surface area contributed by atoms with E-state index in [4.69, 9.17) is 17.3 Å². The molecule has 0 unspecified atom stereocenters. The molecule has 0 atom stereocenters. The Balaban J connectivity index is 2.43. The second-order valence-corrected chi connectivity index (χ2v) is 6.49. The van der Waals surface area contributed by atoms with E-state index in [0.29, 0.717) is 11.3 Å². The van der Waals surface area contributed by atoms with Gasteiger partial charge in [0.05, 0.1) is 10.6 Å². The predicted octanol–water partition coefficient (Wildman–Crippen LogP) is 2.73. The third-order valence-corrected chi connectivity index (χ3v) is 4.54. The van der Waals surface area contributed by atoms with Crippen molar-refractivity contribution in [3.8, 4) is 0 Å². The Morgan fingerprint density at radius 1 is 1.25 bits per heavy atom. The number of nitrogens with one attached hydrogen (secondary N) is 1. The number of nitrogens with two attached hydrogens (primary N) is 1. The largest absolute Gasteiger partial charge is 0.399 e. The van der Waals surface area contributed by atoms with Crippen LogP contribution < -0.4 is 10.5 Å². The van der Waals surface area contributed by atoms with Crippen LogP contribution in [0.2, 0.25) is 5.15 Å². The molecule has 2 aromatic rings. The van der Waals surface area contributed by atoms with E-state index in [2.05, 4.69) is 9.71 Å². The molecule has 106 valence electrons. The Kier molecular flexibility index (Phi) is 3.87. The summed E-state index contributed by atoms with van der Waals surface area (Å²) in [5.41, 5.74) is 7.76. The van der Waals surface area contributed by atoms with Crippen LogP contribution in [0.5, 0.6) is 0 Å². The van der Waals surface area contributed by atoms with Crippen LogP contribution in [-0.2, 0) is 10.0 Å². The molecule has 7 heteroatoms. The number of hydrogen-bond acceptors (Lipinski definition) is 4. The lowest BCUT2D eigenvalue weighted by molar-refractivity contribution is 0.600. The third kappa shape index (κ3) is 3.02. The highest BCUT2D eigenvalue weighted by Gasteiger charge is 2.18. The van der Waals surface area contributed by atoms with Crippen molar-refractivity contribution in [3.05, 3.63) is 46.7 Å². The number of nitrogen functional groups attached to an aromatic ring is 1. The molecule has 0 saturated carbocycles. The van der Waals surface area contributed by atoms with Gasteiger partial charge in [0.2, 0.25) is 0 Å². The van der Waals surface area contributed by atoms with E-state index in [9.17, 15) is 8.42 Å². The van der Waals surface area contributed by atoms with Crippen LogP contribution in [0.15, 0.2) is 35.4 Å². The summed E-state index contributed by atoms with van der Waals surface area (Å²) in [6, 6.07) is 6.23. The molecule has 1 aromatic heterocycles. The van der Waals surface area contributed by atoms with Crippen molar-refractivity contribution < 1.29 is 8.42 Å². The van der Waals surface area contributed by atoms with E-state index in [1.54, 1.807) is 32.2 Å². The van der Waals surface area contributed by atoms with Gasteiger partial charge in [-0.15, -0.1) is 0 Å². The van der Waals surface area contributed by atoms with E-state index >= 15 is 0 Å². The summed E-state index contributed by atoms with van der Waals surface area (Å²) in [5.74, 6) is 0. The number of nitrogens with zero attached hydrogens (tertiary/aromatic N) is 1. The zero-order valence-corrected chi connectivity index (χ0v) is 12.6. The van der Waals surface area contributed by atoms with Gasteiger partial charge in [-0.1, -0.05) is 11.6 Å². The SMILES string of the molecule is Cc1cnc(Cl)c(NS(=O)(=O)c2ccc(N)cc2C)c1. The number of anilines is 2. The van der Waals surface area contributed by atoms with Gasteiger partial charge in [0.15, 0.2) is 5.15 Å². The van der Waals surface area contributed by atoms with Crippen molar-refractivity contribution in [2.75, 3.05) is 10.5 Å². The molecule has 0 amide bonds. The summed E-state index contributed by atoms with van der Waals surface area (Å²) in [6.45, 7) is 3.48. The van der Waals surface area contributed by atoms with E-state index in [1.807, 2.05) is 0 Å². The summed E-state index contributed by atoms with van der Waals surface area (Å²) in [4.78, 5) is 4.07. The van der Waals surface area contributed by atoms with Crippen molar-refractivity contribution in [2.24, 2.45) is 0 Å². The van der Waals surface area contributed by atoms with E-state index in [-0.39, 0.29) is 15.7 Å². The van der Waals surface area contributed by atoms with Crippen molar-refractivity contribution in [3.63, 3.8) is 0 Å². The predicted molar refractivity (Wildman–Crippen MR) is 80.4 cm³/mol. The second-order valence-electron chi connectivity index (χ2n) is 4.48. The smallest absolute Gasteiger partial charge is 0.262 e. The Morgan fingerprint density at radius 3 is 2.60 bits per heavy atom. The lowest BCUT2D eigenvalue weighted by Gasteiger charge is -2.12. The fraction of sp³-hybridized carbons (Fsp3) is 0.154. The lowest BCUT2D eigenvalue weighted by atomic mass is 10.2. The van der Waals surface area contributed by atoms with Crippen molar-refractivity contribution >= 4 is 33.0 Å². The van der Waals surface area contributed by atoms with Gasteiger partial charge in [0.25, 0.3) is 10.0 Å². The van der Waals surface area contributed by atoms with Gasteiger partial charge in [0.1, 0.15) is 0 Å². The number of sulfonamides is 1. The van der Waals surface area contributed by atoms with Gasteiger partial charge in [-0.05, 0) is 49.2 Å². The molecule has 3 N–H and O–H groups in total. The molecule has 0 fully saturated rings. The van der Waals surface area contributed by atoms with Gasteiger partial charge in [-0.25, -0.2) is 13.4 Å². The minimum absolute atomic E-state index is 0.104. The number of benzene rings is 1. The van der Waals surface area contributed by atoms with Crippen LogP contribution in [0.3, 0.4) is 0 Å². The first-order chi connectivity index (χ1) is 9.29. The third-order valence-electron chi connectivity index (χ3n) is 2.71. The average Bonchev–Trinajstić information content (AvgIpc) is 2.33. The molecule has 0 aliphatic carbocycles. The first kappa shape index (κ1) is 14.6. The normalized spacial score (nSPS) is 11.3. The zero-order valence-electron chi connectivity index (χ0n) is 11.0. The standard InChI is InChI=1S/C13H14ClN3O2S/c1-8-5-11(13(14)16-7-8)17-20(18,19)12-4-3-10(15)6-9(12)2/h3-7,17H,15H2,1-2H3. The van der Waals surface area contributed by atoms with Crippen molar-refractivity contribution in [1.29, 1.82) is 0 Å². The quantitative estimate of drug-likeness (QED) is 0.674. The van der Waals surface area contributed by atoms with Gasteiger partial charge >= 0.3 is 0 Å². The maximum absolute atomic E-state index is 12.4. The van der Waals surface area contributed by atoms with Crippen LogP contribution in [0, 0.1) is 13.8 Å². The summed E-state index contributed by atoms with van der Waals surface area (Å²) < 4.78 is 27.2. The van der Waals surface area contributed by atoms with Crippen molar-refractivity contribution in [2.45, 2.75) is 18.7 Å². The maximum Gasteiger partial charge on any atom is 0.262 e. The monoisotopic (exact) mass is 311 g/mol. The molecule has 0 aliphatic rings. The number of pyridine rings is 1. The molecule has 0 aliphatic heterocycles. The molecule has 5 nitrogen and oxygen atoms in total. The summed E-state index contributed by atoms with van der Waals surface area (Å²) >= 11 is 5.90. The zero-order chi connectivity index (χ0) is 14.9. The molecule has 0 radical (unpaired) electrons. The van der Waals surface area contributed by atoms with E-state index < -0.39 is 10.0 Å². The number of aromatic nitrogens is 1. The van der Waals surface area contributed by atoms with Crippen LogP contribution in [0.1, 0.15) is 11.1 Å². The topological polar surface area (TPSA) is 85.1 Å². The van der Waals surface area contributed by atoms with Crippen LogP contribution >= 0.6 is 11.6 Å². The first-order valence-corrected chi connectivity index (χ1v) is 7.67. The lowest BCUT2D eigenvalue weighted by Crippen LogP contribution is -2.15. The highest BCUT2D eigenvalue weighted by Crippen LogP contribution is 2.25. The molecule has 0 saturated heterocycles. The summed E-state index contributed by atoms with van der Waals surface area (Å²) in [7, 11) is -3.73. The average molecular weight is 312 g/mol. The van der Waals surface area contributed by atoms with Gasteiger partial charge in [-0.3, -0.25) is 4.72 Å². The highest BCUT2D eigenvalue weighted by atomic mass is 35.5. The number of halogens is 1. The minimum atomic E-state index is -3.73. The Morgan fingerprint density at radius 2 is 1.95 bits per heavy atom. The van der Waals surface area contributed by atoms with Gasteiger partial charge < -0.3 is 5.73 Å². The molecule has 0 bridgehead atoms. The van der Waals surface area contributed by atoms with Gasteiger partial charge in [-0.2, -0.15) is 0 Å². The summed E-state index contributed by atoms with van der Waals surface area (Å²) in [5, 5.41) is 0.104. The Hall–Kier alpha value is -1.79. The highest BCUT2D eigenvalue weighted by molar-refractivity contribution is 7.92. The minimum Gasteiger partial charge on any atom is -0.399 e. The Labute approximate surface area is 122 Å². The molecule has 1 aromatic carbocycles. The first-order valence-electron chi connectivity index (χ1n) is 5.81. The fourth-order valence-electron chi connectivity index (χ4n) is 1.80. The molecule has 2 rings (SSSR count).